The van der Waals surface area contributed by atoms with E-state index in [-0.39, 0.29) is 31.1 Å². The molecule has 0 bridgehead atoms. The number of carbonyl (C=O) groups excluding carboxylic acids is 3. The van der Waals surface area contributed by atoms with Crippen molar-refractivity contribution in [2.24, 2.45) is 0 Å². The fraction of sp³-hybridized carbons (Fsp3) is 0.703. The maximum absolute atomic E-state index is 12.7. The summed E-state index contributed by atoms with van der Waals surface area (Å²) in [5.41, 5.74) is 0. The zero-order chi connectivity index (χ0) is 50.7. The largest absolute Gasteiger partial charge is 0.462 e. The molecule has 0 aromatic rings. The lowest BCUT2D eigenvalue weighted by Gasteiger charge is -2.18. The molecule has 0 radical (unpaired) electrons. The molecule has 400 valence electrons. The van der Waals surface area contributed by atoms with Crippen molar-refractivity contribution in [2.45, 2.75) is 277 Å². The fourth-order valence-corrected chi connectivity index (χ4v) is 7.95. The lowest BCUT2D eigenvalue weighted by molar-refractivity contribution is -0.167. The van der Waals surface area contributed by atoms with Crippen LogP contribution in [-0.4, -0.2) is 37.2 Å². The van der Waals surface area contributed by atoms with E-state index in [1.54, 1.807) is 0 Å². The third kappa shape index (κ3) is 55.3. The highest BCUT2D eigenvalue weighted by molar-refractivity contribution is 5.71. The number of esters is 3. The van der Waals surface area contributed by atoms with Crippen molar-refractivity contribution < 1.29 is 28.6 Å². The molecule has 0 saturated carbocycles. The van der Waals surface area contributed by atoms with Gasteiger partial charge in [0.2, 0.25) is 0 Å². The van der Waals surface area contributed by atoms with Gasteiger partial charge in [-0.05, 0) is 103 Å². The van der Waals surface area contributed by atoms with Crippen LogP contribution in [0.1, 0.15) is 271 Å². The minimum absolute atomic E-state index is 0.0794. The molecule has 0 heterocycles. The van der Waals surface area contributed by atoms with Crippen molar-refractivity contribution in [2.75, 3.05) is 13.2 Å². The van der Waals surface area contributed by atoms with E-state index in [1.165, 1.54) is 109 Å². The van der Waals surface area contributed by atoms with Gasteiger partial charge in [-0.2, -0.15) is 0 Å². The van der Waals surface area contributed by atoms with Gasteiger partial charge in [0.15, 0.2) is 6.10 Å². The summed E-state index contributed by atoms with van der Waals surface area (Å²) in [4.78, 5) is 37.7. The summed E-state index contributed by atoms with van der Waals surface area (Å²) in [7, 11) is 0. The van der Waals surface area contributed by atoms with Crippen molar-refractivity contribution in [3.8, 4) is 0 Å². The van der Waals surface area contributed by atoms with Crippen LogP contribution in [0.3, 0.4) is 0 Å². The summed E-state index contributed by atoms with van der Waals surface area (Å²) >= 11 is 0. The van der Waals surface area contributed by atoms with E-state index in [4.69, 9.17) is 14.2 Å². The Morgan fingerprint density at radius 1 is 0.300 bits per heavy atom. The van der Waals surface area contributed by atoms with Gasteiger partial charge in [-0.3, -0.25) is 14.4 Å². The predicted molar refractivity (Wildman–Crippen MR) is 302 cm³/mol. The molecule has 6 heteroatoms. The number of allylic oxidation sites excluding steroid dienone is 16. The van der Waals surface area contributed by atoms with Crippen molar-refractivity contribution in [3.63, 3.8) is 0 Å². The topological polar surface area (TPSA) is 78.9 Å². The van der Waals surface area contributed by atoms with Crippen LogP contribution < -0.4 is 0 Å². The molecule has 70 heavy (non-hydrogen) atoms. The third-order valence-electron chi connectivity index (χ3n) is 12.3. The highest BCUT2D eigenvalue weighted by atomic mass is 16.6. The Morgan fingerprint density at radius 2 is 0.557 bits per heavy atom. The standard InChI is InChI=1S/C64H108O6/c1-4-7-10-13-15-17-19-21-22-23-24-25-26-27-28-29-30-31-32-33-34-35-36-37-38-39-40-41-42-43-45-46-48-51-54-57-63(66)69-60-61(59-68-62(65)56-53-50-12-9-6-3)70-64(67)58-55-52-49-47-44-20-18-16-14-11-8-5-2/h7,10,15-18,21-22,24-25,27-28,30-31,33-34,61H,4-6,8-9,11-14,19-20,23,26,29,32,35-60H2,1-3H3/b10-7-,17-15-,18-16-,22-21-,25-24-,28-27-,31-30-,34-33-. The SMILES string of the molecule is CC/C=C\C/C=C\C/C=C\C/C=C\C/C=C\C/C=C\C/C=C\CCCCCCCCCCCCCCCC(=O)OCC(COC(=O)CCCCCCC)OC(=O)CCCCCCC/C=C\CCCCC. The summed E-state index contributed by atoms with van der Waals surface area (Å²) < 4.78 is 16.7. The second-order valence-electron chi connectivity index (χ2n) is 19.2. The highest BCUT2D eigenvalue weighted by Gasteiger charge is 2.19. The summed E-state index contributed by atoms with van der Waals surface area (Å²) in [6.07, 6.45) is 77.5. The molecular weight excluding hydrogens is 865 g/mol. The predicted octanol–water partition coefficient (Wildman–Crippen LogP) is 19.7. The van der Waals surface area contributed by atoms with Gasteiger partial charge in [-0.1, -0.05) is 246 Å². The molecule has 0 N–H and O–H groups in total. The molecule has 1 atom stereocenters. The van der Waals surface area contributed by atoms with Crippen LogP contribution in [-0.2, 0) is 28.6 Å². The molecule has 0 saturated heterocycles. The molecule has 0 aromatic heterocycles. The van der Waals surface area contributed by atoms with Crippen LogP contribution in [0.2, 0.25) is 0 Å². The Kier molecular flexibility index (Phi) is 54.9. The van der Waals surface area contributed by atoms with Crippen LogP contribution in [0.5, 0.6) is 0 Å². The van der Waals surface area contributed by atoms with Crippen LogP contribution in [0.4, 0.5) is 0 Å². The van der Waals surface area contributed by atoms with Gasteiger partial charge in [0, 0.05) is 19.3 Å². The third-order valence-corrected chi connectivity index (χ3v) is 12.3. The zero-order valence-electron chi connectivity index (χ0n) is 45.8. The highest BCUT2D eigenvalue weighted by Crippen LogP contribution is 2.15. The Morgan fingerprint density at radius 3 is 0.914 bits per heavy atom. The van der Waals surface area contributed by atoms with Gasteiger partial charge >= 0.3 is 17.9 Å². The first kappa shape index (κ1) is 66.3. The molecule has 6 nitrogen and oxygen atoms in total. The molecule has 0 aromatic carbocycles. The molecule has 0 amide bonds. The van der Waals surface area contributed by atoms with Crippen LogP contribution in [0.25, 0.3) is 0 Å². The summed E-state index contributed by atoms with van der Waals surface area (Å²) in [5, 5.41) is 0. The molecule has 0 aliphatic heterocycles. The monoisotopic (exact) mass is 973 g/mol. The minimum atomic E-state index is -0.775. The first-order valence-electron chi connectivity index (χ1n) is 29.2. The quantitative estimate of drug-likeness (QED) is 0.0262. The van der Waals surface area contributed by atoms with E-state index >= 15 is 0 Å². The van der Waals surface area contributed by atoms with Crippen molar-refractivity contribution in [1.82, 2.24) is 0 Å². The van der Waals surface area contributed by atoms with Crippen LogP contribution in [0.15, 0.2) is 97.2 Å². The maximum atomic E-state index is 12.7. The van der Waals surface area contributed by atoms with Gasteiger partial charge in [-0.15, -0.1) is 0 Å². The lowest BCUT2D eigenvalue weighted by atomic mass is 10.0. The molecule has 0 aliphatic rings. The summed E-state index contributed by atoms with van der Waals surface area (Å²) in [5.74, 6) is -0.902. The molecule has 0 fully saturated rings. The number of ether oxygens (including phenoxy) is 3. The molecule has 0 spiro atoms. The van der Waals surface area contributed by atoms with Gasteiger partial charge < -0.3 is 14.2 Å². The Balaban J connectivity index is 3.95. The first-order valence-corrected chi connectivity index (χ1v) is 29.2. The Hall–Kier alpha value is -3.67. The number of hydrogen-bond donors (Lipinski definition) is 0. The molecule has 1 unspecified atom stereocenters. The minimum Gasteiger partial charge on any atom is -0.462 e. The van der Waals surface area contributed by atoms with Crippen molar-refractivity contribution in [3.05, 3.63) is 97.2 Å². The number of rotatable bonds is 52. The van der Waals surface area contributed by atoms with E-state index in [1.807, 2.05) is 0 Å². The number of carbonyl (C=O) groups is 3. The fourth-order valence-electron chi connectivity index (χ4n) is 7.95. The van der Waals surface area contributed by atoms with E-state index in [0.29, 0.717) is 19.3 Å². The lowest BCUT2D eigenvalue weighted by Crippen LogP contribution is -2.30. The van der Waals surface area contributed by atoms with Gasteiger partial charge in [0.25, 0.3) is 0 Å². The normalized spacial score (nSPS) is 12.8. The summed E-state index contributed by atoms with van der Waals surface area (Å²) in [6.45, 7) is 6.41. The van der Waals surface area contributed by atoms with Gasteiger partial charge in [0.05, 0.1) is 0 Å². The molecular formula is C64H108O6. The maximum Gasteiger partial charge on any atom is 0.306 e. The van der Waals surface area contributed by atoms with Gasteiger partial charge in [-0.25, -0.2) is 0 Å². The van der Waals surface area contributed by atoms with Gasteiger partial charge in [0.1, 0.15) is 13.2 Å². The smallest absolute Gasteiger partial charge is 0.306 e. The van der Waals surface area contributed by atoms with Crippen LogP contribution in [0, 0.1) is 0 Å². The average molecular weight is 974 g/mol. The Bertz CT molecular complexity index is 1400. The van der Waals surface area contributed by atoms with Crippen molar-refractivity contribution >= 4 is 17.9 Å². The van der Waals surface area contributed by atoms with E-state index in [2.05, 4.69) is 118 Å². The number of unbranched alkanes of at least 4 members (excludes halogenated alkanes) is 25. The molecule has 0 rings (SSSR count). The molecule has 0 aliphatic carbocycles. The second kappa shape index (κ2) is 57.9. The zero-order valence-corrected chi connectivity index (χ0v) is 45.8. The van der Waals surface area contributed by atoms with E-state index in [0.717, 1.165) is 122 Å². The van der Waals surface area contributed by atoms with E-state index < -0.39 is 6.10 Å². The summed E-state index contributed by atoms with van der Waals surface area (Å²) in [6, 6.07) is 0. The first-order chi connectivity index (χ1) is 34.5. The Labute approximate surface area is 432 Å². The number of hydrogen-bond acceptors (Lipinski definition) is 6. The second-order valence-corrected chi connectivity index (χ2v) is 19.2. The van der Waals surface area contributed by atoms with E-state index in [9.17, 15) is 14.4 Å². The van der Waals surface area contributed by atoms with Crippen LogP contribution >= 0.6 is 0 Å². The average Bonchev–Trinajstić information content (AvgIpc) is 3.36. The van der Waals surface area contributed by atoms with Crippen molar-refractivity contribution in [1.29, 1.82) is 0 Å².